The number of anilines is 1. The maximum Gasteiger partial charge on any atom is 0.256 e. The van der Waals surface area contributed by atoms with Crippen molar-refractivity contribution >= 4 is 34.1 Å². The number of benzene rings is 1. The van der Waals surface area contributed by atoms with Crippen molar-refractivity contribution in [3.63, 3.8) is 0 Å². The van der Waals surface area contributed by atoms with Gasteiger partial charge in [0, 0.05) is 6.07 Å². The summed E-state index contributed by atoms with van der Waals surface area (Å²) < 4.78 is 26.6. The number of rotatable bonds is 10. The number of nitrogens with zero attached hydrogens (tertiary/aromatic N) is 1. The summed E-state index contributed by atoms with van der Waals surface area (Å²) in [5.74, 6) is -3.16. The molecule has 1 aromatic carbocycles. The number of hydrogen-bond donors (Lipinski definition) is 2. The van der Waals surface area contributed by atoms with E-state index in [1.165, 1.54) is 18.3 Å². The molecule has 1 aromatic heterocycles. The number of carbonyl (C=O) groups is 3. The van der Waals surface area contributed by atoms with E-state index in [0.29, 0.717) is 17.6 Å². The first-order valence-corrected chi connectivity index (χ1v) is 10.5. The second kappa shape index (κ2) is 11.5. The van der Waals surface area contributed by atoms with Crippen molar-refractivity contribution in [2.24, 2.45) is 0 Å². The number of hydrogen-bond acceptors (Lipinski definition) is 5. The van der Waals surface area contributed by atoms with Gasteiger partial charge in [0.1, 0.15) is 22.7 Å². The first-order valence-electron chi connectivity index (χ1n) is 9.67. The molecular weight excluding hydrogens is 412 g/mol. The van der Waals surface area contributed by atoms with Crippen LogP contribution in [0, 0.1) is 11.6 Å². The zero-order valence-corrected chi connectivity index (χ0v) is 17.7. The molecule has 2 rings (SSSR count). The summed E-state index contributed by atoms with van der Waals surface area (Å²) in [5.41, 5.74) is 0.149. The number of imide groups is 1. The molecule has 0 aliphatic heterocycles. The lowest BCUT2D eigenvalue weighted by atomic mass is 10.1. The van der Waals surface area contributed by atoms with Gasteiger partial charge in [-0.1, -0.05) is 13.3 Å². The second-order valence-electron chi connectivity index (χ2n) is 6.79. The van der Waals surface area contributed by atoms with Crippen LogP contribution in [0.25, 0.3) is 0 Å². The Bertz CT molecular complexity index is 854. The van der Waals surface area contributed by atoms with Gasteiger partial charge >= 0.3 is 0 Å². The van der Waals surface area contributed by atoms with Crippen molar-refractivity contribution in [1.82, 2.24) is 10.6 Å². The molecule has 0 saturated carbocycles. The van der Waals surface area contributed by atoms with Gasteiger partial charge in [0.2, 0.25) is 11.8 Å². The maximum atomic E-state index is 13.3. The normalized spacial score (nSPS) is 11.7. The van der Waals surface area contributed by atoms with Gasteiger partial charge in [-0.25, -0.2) is 13.7 Å². The van der Waals surface area contributed by atoms with Crippen molar-refractivity contribution in [2.75, 3.05) is 18.0 Å². The molecule has 0 fully saturated rings. The third-order valence-corrected chi connectivity index (χ3v) is 5.07. The van der Waals surface area contributed by atoms with Crippen LogP contribution in [0.5, 0.6) is 0 Å². The van der Waals surface area contributed by atoms with Crippen molar-refractivity contribution in [2.45, 2.75) is 39.2 Å². The van der Waals surface area contributed by atoms with Crippen LogP contribution in [0.1, 0.15) is 32.3 Å². The summed E-state index contributed by atoms with van der Waals surface area (Å²) in [6.07, 6.45) is 1.60. The largest absolute Gasteiger partial charge is 0.344 e. The third-order valence-electron chi connectivity index (χ3n) is 4.21. The molecule has 0 spiro atoms. The van der Waals surface area contributed by atoms with Gasteiger partial charge in [0.05, 0.1) is 13.0 Å². The molecule has 3 amide bonds. The predicted octanol–water partition coefficient (Wildman–Crippen LogP) is 3.02. The van der Waals surface area contributed by atoms with Gasteiger partial charge in [-0.15, -0.1) is 11.3 Å². The Labute approximate surface area is 178 Å². The number of thiophene rings is 1. The molecule has 0 radical (unpaired) electrons. The summed E-state index contributed by atoms with van der Waals surface area (Å²) in [7, 11) is 0. The minimum atomic E-state index is -1.00. The van der Waals surface area contributed by atoms with Crippen LogP contribution in [0.3, 0.4) is 0 Å². The van der Waals surface area contributed by atoms with Gasteiger partial charge in [-0.3, -0.25) is 14.4 Å². The zero-order chi connectivity index (χ0) is 22.1. The van der Waals surface area contributed by atoms with Crippen molar-refractivity contribution < 1.29 is 23.2 Å². The minimum Gasteiger partial charge on any atom is -0.344 e. The summed E-state index contributed by atoms with van der Waals surface area (Å²) in [4.78, 5) is 38.9. The number of carbonyl (C=O) groups excluding carboxylic acids is 3. The van der Waals surface area contributed by atoms with E-state index in [9.17, 15) is 23.2 Å². The van der Waals surface area contributed by atoms with Crippen LogP contribution in [0.2, 0.25) is 0 Å². The van der Waals surface area contributed by atoms with Crippen molar-refractivity contribution in [1.29, 1.82) is 0 Å². The van der Waals surface area contributed by atoms with Crippen LogP contribution in [-0.2, 0) is 20.8 Å². The third kappa shape index (κ3) is 7.00. The van der Waals surface area contributed by atoms with Crippen molar-refractivity contribution in [3.8, 4) is 0 Å². The van der Waals surface area contributed by atoms with Gasteiger partial charge < -0.3 is 10.6 Å². The summed E-state index contributed by atoms with van der Waals surface area (Å²) in [6, 6.07) is 5.19. The summed E-state index contributed by atoms with van der Waals surface area (Å²) in [6.45, 7) is 4.15. The molecule has 1 heterocycles. The first kappa shape index (κ1) is 23.6. The molecule has 1 atom stereocenters. The van der Waals surface area contributed by atoms with E-state index in [1.807, 2.05) is 6.92 Å². The predicted molar refractivity (Wildman–Crippen MR) is 112 cm³/mol. The Hall–Kier alpha value is -2.65. The summed E-state index contributed by atoms with van der Waals surface area (Å²) >= 11 is 1.23. The van der Waals surface area contributed by atoms with Crippen LogP contribution in [-0.4, -0.2) is 36.9 Å². The topological polar surface area (TPSA) is 78.5 Å². The van der Waals surface area contributed by atoms with E-state index >= 15 is 0 Å². The minimum absolute atomic E-state index is 0.00707. The molecule has 162 valence electrons. The Morgan fingerprint density at radius 2 is 1.87 bits per heavy atom. The molecule has 2 aromatic rings. The van der Waals surface area contributed by atoms with E-state index in [2.05, 4.69) is 10.6 Å². The van der Waals surface area contributed by atoms with Gasteiger partial charge in [-0.2, -0.15) is 0 Å². The Balaban J connectivity index is 2.03. The Morgan fingerprint density at radius 3 is 2.47 bits per heavy atom. The standard InChI is InChI=1S/C21H25F2N3O3S/c1-3-4-7-24-13-19(28)26(20-6-5-8-30-20)21(29)14(2)25-18(27)11-15-9-16(22)12-17(23)10-15/h5-6,8-10,12,14,24H,3-4,7,11,13H2,1-2H3,(H,25,27)/t14-/m0/s1. The molecule has 0 unspecified atom stereocenters. The average Bonchev–Trinajstić information content (AvgIpc) is 3.18. The molecule has 30 heavy (non-hydrogen) atoms. The highest BCUT2D eigenvalue weighted by Crippen LogP contribution is 2.22. The van der Waals surface area contributed by atoms with Crippen molar-refractivity contribution in [3.05, 3.63) is 52.9 Å². The number of unbranched alkanes of at least 4 members (excludes halogenated alkanes) is 1. The number of amides is 3. The van der Waals surface area contributed by atoms with Gasteiger partial charge in [0.15, 0.2) is 0 Å². The molecule has 0 bridgehead atoms. The highest BCUT2D eigenvalue weighted by Gasteiger charge is 2.29. The van der Waals surface area contributed by atoms with Gasteiger partial charge in [0.25, 0.3) is 5.91 Å². The lowest BCUT2D eigenvalue weighted by Crippen LogP contribution is -2.51. The highest BCUT2D eigenvalue weighted by molar-refractivity contribution is 7.14. The molecule has 6 nitrogen and oxygen atoms in total. The fraction of sp³-hybridized carbons (Fsp3) is 0.381. The second-order valence-corrected chi connectivity index (χ2v) is 7.72. The zero-order valence-electron chi connectivity index (χ0n) is 16.9. The van der Waals surface area contributed by atoms with Gasteiger partial charge in [-0.05, 0) is 55.1 Å². The molecule has 0 saturated heterocycles. The van der Waals surface area contributed by atoms with Crippen LogP contribution in [0.4, 0.5) is 13.8 Å². The SMILES string of the molecule is CCCCNCC(=O)N(C(=O)[C@H](C)NC(=O)Cc1cc(F)cc(F)c1)c1cccs1. The lowest BCUT2D eigenvalue weighted by Gasteiger charge is -2.23. The van der Waals surface area contributed by atoms with Crippen LogP contribution >= 0.6 is 11.3 Å². The molecule has 0 aliphatic rings. The molecule has 0 aliphatic carbocycles. The van der Waals surface area contributed by atoms with E-state index in [4.69, 9.17) is 0 Å². The van der Waals surface area contributed by atoms with E-state index in [-0.39, 0.29) is 18.5 Å². The lowest BCUT2D eigenvalue weighted by molar-refractivity contribution is -0.130. The molecular formula is C21H25F2N3O3S. The molecule has 2 N–H and O–H groups in total. The van der Waals surface area contributed by atoms with Crippen LogP contribution in [0.15, 0.2) is 35.7 Å². The Kier molecular flexibility index (Phi) is 9.07. The quantitative estimate of drug-likeness (QED) is 0.560. The monoisotopic (exact) mass is 437 g/mol. The average molecular weight is 438 g/mol. The van der Waals surface area contributed by atoms with E-state index in [1.54, 1.807) is 17.5 Å². The Morgan fingerprint density at radius 1 is 1.17 bits per heavy atom. The number of halogens is 2. The fourth-order valence-electron chi connectivity index (χ4n) is 2.77. The van der Waals surface area contributed by atoms with E-state index < -0.39 is 35.4 Å². The smallest absolute Gasteiger partial charge is 0.256 e. The van der Waals surface area contributed by atoms with Crippen LogP contribution < -0.4 is 15.5 Å². The fourth-order valence-corrected chi connectivity index (χ4v) is 3.52. The number of nitrogens with one attached hydrogen (secondary N) is 2. The first-order chi connectivity index (χ1) is 14.3. The summed E-state index contributed by atoms with van der Waals surface area (Å²) in [5, 5.41) is 7.71. The molecule has 9 heteroatoms. The van der Waals surface area contributed by atoms with E-state index in [0.717, 1.165) is 29.9 Å². The highest BCUT2D eigenvalue weighted by atomic mass is 32.1. The maximum absolute atomic E-state index is 13.3.